The first-order valence-corrected chi connectivity index (χ1v) is 8.26. The summed E-state index contributed by atoms with van der Waals surface area (Å²) in [5, 5.41) is 3.79. The van der Waals surface area contributed by atoms with E-state index in [2.05, 4.69) is 19.8 Å². The molecule has 0 bridgehead atoms. The highest BCUT2D eigenvalue weighted by Gasteiger charge is 2.28. The van der Waals surface area contributed by atoms with E-state index in [4.69, 9.17) is 4.52 Å². The van der Waals surface area contributed by atoms with Crippen molar-refractivity contribution in [3.63, 3.8) is 0 Å². The molecule has 2 atom stereocenters. The van der Waals surface area contributed by atoms with Crippen LogP contribution in [0.5, 0.6) is 0 Å². The van der Waals surface area contributed by atoms with Gasteiger partial charge in [0.2, 0.25) is 15.9 Å². The van der Waals surface area contributed by atoms with Crippen LogP contribution in [0.3, 0.4) is 0 Å². The van der Waals surface area contributed by atoms with Crippen LogP contribution in [0.4, 0.5) is 0 Å². The summed E-state index contributed by atoms with van der Waals surface area (Å²) in [5.41, 5.74) is 0. The third-order valence-corrected chi connectivity index (χ3v) is 4.04. The van der Waals surface area contributed by atoms with Gasteiger partial charge in [0.1, 0.15) is 0 Å². The van der Waals surface area contributed by atoms with Crippen molar-refractivity contribution >= 4 is 10.0 Å². The highest BCUT2D eigenvalue weighted by molar-refractivity contribution is 7.88. The fourth-order valence-corrected chi connectivity index (χ4v) is 3.19. The highest BCUT2D eigenvalue weighted by atomic mass is 32.2. The van der Waals surface area contributed by atoms with Gasteiger partial charge in [0.25, 0.3) is 0 Å². The third kappa shape index (κ3) is 3.99. The van der Waals surface area contributed by atoms with Gasteiger partial charge in [-0.2, -0.15) is 4.98 Å². The normalized spacial score (nSPS) is 23.4. The van der Waals surface area contributed by atoms with Crippen LogP contribution >= 0.6 is 0 Å². The lowest BCUT2D eigenvalue weighted by molar-refractivity contribution is 0.130. The van der Waals surface area contributed by atoms with Crippen LogP contribution < -0.4 is 4.72 Å². The van der Waals surface area contributed by atoms with E-state index in [0.717, 1.165) is 19.4 Å². The Morgan fingerprint density at radius 2 is 2.26 bits per heavy atom. The van der Waals surface area contributed by atoms with Gasteiger partial charge in [0, 0.05) is 12.6 Å². The van der Waals surface area contributed by atoms with E-state index in [1.165, 1.54) is 6.26 Å². The quantitative estimate of drug-likeness (QED) is 0.865. The summed E-state index contributed by atoms with van der Waals surface area (Å²) in [6.45, 7) is 5.35. The lowest BCUT2D eigenvalue weighted by Gasteiger charge is -2.35. The lowest BCUT2D eigenvalue weighted by atomic mass is 10.0. The third-order valence-electron chi connectivity index (χ3n) is 3.28. The van der Waals surface area contributed by atoms with Gasteiger partial charge in [0.05, 0.1) is 12.3 Å². The van der Waals surface area contributed by atoms with Gasteiger partial charge in [-0.05, 0) is 33.2 Å². The van der Waals surface area contributed by atoms with E-state index in [9.17, 15) is 8.42 Å². The average molecular weight is 288 g/mol. The van der Waals surface area contributed by atoms with Crippen molar-refractivity contribution in [2.45, 2.75) is 38.8 Å². The second kappa shape index (κ2) is 5.56. The summed E-state index contributed by atoms with van der Waals surface area (Å²) >= 11 is 0. The fraction of sp³-hybridized carbons (Fsp3) is 0.818. The molecule has 0 spiro atoms. The molecule has 0 aromatic carbocycles. The molecule has 0 aliphatic carbocycles. The second-order valence-electron chi connectivity index (χ2n) is 5.08. The Labute approximate surface area is 113 Å². The first-order chi connectivity index (χ1) is 8.85. The van der Waals surface area contributed by atoms with E-state index in [1.54, 1.807) is 6.92 Å². The summed E-state index contributed by atoms with van der Waals surface area (Å²) in [5.74, 6) is 1.20. The molecule has 7 nitrogen and oxygen atoms in total. The number of sulfonamides is 1. The first kappa shape index (κ1) is 14.4. The smallest absolute Gasteiger partial charge is 0.243 e. The van der Waals surface area contributed by atoms with Crippen molar-refractivity contribution in [3.8, 4) is 0 Å². The molecule has 2 heterocycles. The molecular formula is C11H20N4O3S. The van der Waals surface area contributed by atoms with Crippen LogP contribution in [-0.2, 0) is 10.0 Å². The first-order valence-electron chi connectivity index (χ1n) is 6.37. The second-order valence-corrected chi connectivity index (χ2v) is 6.86. The molecule has 1 fully saturated rings. The van der Waals surface area contributed by atoms with Crippen molar-refractivity contribution in [2.75, 3.05) is 19.3 Å². The Bertz CT molecular complexity index is 528. The zero-order chi connectivity index (χ0) is 14.0. The Hall–Kier alpha value is -0.990. The van der Waals surface area contributed by atoms with Crippen molar-refractivity contribution < 1.29 is 12.9 Å². The Kier molecular flexibility index (Phi) is 4.22. The molecule has 1 N–H and O–H groups in total. The molecule has 0 amide bonds. The number of rotatable bonds is 4. The number of piperidine rings is 1. The van der Waals surface area contributed by atoms with Crippen LogP contribution in [0, 0.1) is 6.92 Å². The maximum absolute atomic E-state index is 11.3. The summed E-state index contributed by atoms with van der Waals surface area (Å²) in [6, 6.07) is -0.0411. The van der Waals surface area contributed by atoms with Gasteiger partial charge in [-0.1, -0.05) is 5.16 Å². The van der Waals surface area contributed by atoms with Gasteiger partial charge >= 0.3 is 0 Å². The standard InChI is InChI=1S/C11H20N4O3S/c1-8(11-12-9(2)13-18-11)15-6-4-5-10(7-15)14-19(3,16)17/h8,10,14H,4-7H2,1-3H3/t8-,10+/m0/s1. The van der Waals surface area contributed by atoms with Crippen molar-refractivity contribution in [3.05, 3.63) is 11.7 Å². The van der Waals surface area contributed by atoms with Crippen LogP contribution in [0.1, 0.15) is 37.5 Å². The van der Waals surface area contributed by atoms with E-state index < -0.39 is 10.0 Å². The molecule has 1 aliphatic heterocycles. The number of aryl methyl sites for hydroxylation is 1. The summed E-state index contributed by atoms with van der Waals surface area (Å²) in [4.78, 5) is 6.39. The lowest BCUT2D eigenvalue weighted by Crippen LogP contribution is -2.48. The molecule has 1 aromatic heterocycles. The van der Waals surface area contributed by atoms with E-state index >= 15 is 0 Å². The van der Waals surface area contributed by atoms with Gasteiger partial charge in [-0.3, -0.25) is 4.90 Å². The van der Waals surface area contributed by atoms with Crippen molar-refractivity contribution in [2.24, 2.45) is 0 Å². The minimum Gasteiger partial charge on any atom is -0.338 e. The molecule has 1 aliphatic rings. The largest absolute Gasteiger partial charge is 0.338 e. The molecular weight excluding hydrogens is 268 g/mol. The Morgan fingerprint density at radius 1 is 1.53 bits per heavy atom. The number of nitrogens with one attached hydrogen (secondary N) is 1. The molecule has 19 heavy (non-hydrogen) atoms. The molecule has 1 aromatic rings. The molecule has 2 rings (SSSR count). The van der Waals surface area contributed by atoms with Crippen molar-refractivity contribution in [1.82, 2.24) is 19.8 Å². The van der Waals surface area contributed by atoms with E-state index in [1.807, 2.05) is 6.92 Å². The predicted octanol–water partition coefficient (Wildman–Crippen LogP) is 0.453. The monoisotopic (exact) mass is 288 g/mol. The zero-order valence-electron chi connectivity index (χ0n) is 11.5. The summed E-state index contributed by atoms with van der Waals surface area (Å²) < 4.78 is 30.4. The van der Waals surface area contributed by atoms with Crippen LogP contribution in [0.25, 0.3) is 0 Å². The number of likely N-dealkylation sites (tertiary alicyclic amines) is 1. The van der Waals surface area contributed by atoms with Crippen molar-refractivity contribution in [1.29, 1.82) is 0 Å². The fourth-order valence-electron chi connectivity index (χ4n) is 2.40. The summed E-state index contributed by atoms with van der Waals surface area (Å²) in [6.07, 6.45) is 3.00. The SMILES string of the molecule is Cc1noc([C@H](C)N2CCC[C@@H](NS(C)(=O)=O)C2)n1. The van der Waals surface area contributed by atoms with Gasteiger partial charge in [-0.15, -0.1) is 0 Å². The molecule has 108 valence electrons. The zero-order valence-corrected chi connectivity index (χ0v) is 12.3. The molecule has 1 saturated heterocycles. The number of hydrogen-bond acceptors (Lipinski definition) is 6. The average Bonchev–Trinajstić information content (AvgIpc) is 2.73. The number of hydrogen-bond donors (Lipinski definition) is 1. The molecule has 0 unspecified atom stereocenters. The molecule has 0 radical (unpaired) electrons. The van der Waals surface area contributed by atoms with Crippen LogP contribution in [0.2, 0.25) is 0 Å². The van der Waals surface area contributed by atoms with Crippen LogP contribution in [0.15, 0.2) is 4.52 Å². The summed E-state index contributed by atoms with van der Waals surface area (Å²) in [7, 11) is -3.16. The maximum atomic E-state index is 11.3. The molecule has 0 saturated carbocycles. The van der Waals surface area contributed by atoms with Gasteiger partial charge in [0.15, 0.2) is 5.82 Å². The number of nitrogens with zero attached hydrogens (tertiary/aromatic N) is 3. The molecule has 8 heteroatoms. The van der Waals surface area contributed by atoms with Gasteiger partial charge in [-0.25, -0.2) is 13.1 Å². The maximum Gasteiger partial charge on any atom is 0.243 e. The van der Waals surface area contributed by atoms with E-state index in [-0.39, 0.29) is 12.1 Å². The Balaban J connectivity index is 2.01. The Morgan fingerprint density at radius 3 is 2.84 bits per heavy atom. The minimum atomic E-state index is -3.16. The minimum absolute atomic E-state index is 0.00496. The predicted molar refractivity (Wildman–Crippen MR) is 70.0 cm³/mol. The number of aromatic nitrogens is 2. The van der Waals surface area contributed by atoms with E-state index in [0.29, 0.717) is 18.3 Å². The topological polar surface area (TPSA) is 88.3 Å². The van der Waals surface area contributed by atoms with Gasteiger partial charge < -0.3 is 4.52 Å². The van der Waals surface area contributed by atoms with Crippen LogP contribution in [-0.4, -0.2) is 48.8 Å². The highest BCUT2D eigenvalue weighted by Crippen LogP contribution is 2.23.